The summed E-state index contributed by atoms with van der Waals surface area (Å²) in [5.41, 5.74) is 5.12. The number of carbonyl (C=O) groups excluding carboxylic acids is 2. The summed E-state index contributed by atoms with van der Waals surface area (Å²) in [6.07, 6.45) is -3.80. The highest BCUT2D eigenvalue weighted by molar-refractivity contribution is 6.07. The molecule has 1 aromatic heterocycles. The summed E-state index contributed by atoms with van der Waals surface area (Å²) in [6, 6.07) is 7.73. The first kappa shape index (κ1) is 20.7. The van der Waals surface area contributed by atoms with Gasteiger partial charge in [-0.2, -0.15) is 0 Å². The van der Waals surface area contributed by atoms with Crippen molar-refractivity contribution in [2.75, 3.05) is 25.6 Å². The van der Waals surface area contributed by atoms with E-state index in [4.69, 9.17) is 28.8 Å². The average molecular weight is 508 g/mol. The van der Waals surface area contributed by atoms with E-state index in [0.29, 0.717) is 6.07 Å². The molecule has 1 aliphatic rings. The number of methoxy groups -OCH3 is 1. The van der Waals surface area contributed by atoms with Crippen LogP contribution < -0.4 is 34.7 Å². The molecule has 1 aliphatic heterocycles. The summed E-state index contributed by atoms with van der Waals surface area (Å²) in [5.74, 6) is -3.15. The zero-order valence-electron chi connectivity index (χ0n) is 21.0. The van der Waals surface area contributed by atoms with Crippen LogP contribution in [0.1, 0.15) is 25.0 Å². The van der Waals surface area contributed by atoms with Crippen LogP contribution in [0.3, 0.4) is 0 Å². The number of alkyl halides is 3. The number of amides is 2. The van der Waals surface area contributed by atoms with Gasteiger partial charge in [-0.3, -0.25) is 14.6 Å². The molecule has 0 radical (unpaired) electrons. The number of pyridine rings is 1. The zero-order chi connectivity index (χ0) is 28.4. The molecule has 0 bridgehead atoms. The minimum atomic E-state index is -5.05. The van der Waals surface area contributed by atoms with Crippen molar-refractivity contribution in [2.45, 2.75) is 6.36 Å². The summed E-state index contributed by atoms with van der Waals surface area (Å²) in [6.45, 7) is 0.375. The number of rotatable bonds is 7. The number of ether oxygens (including phenoxy) is 5. The molecule has 0 fully saturated rings. The Morgan fingerprint density at radius 3 is 2.50 bits per heavy atom. The van der Waals surface area contributed by atoms with Crippen LogP contribution in [-0.4, -0.2) is 43.4 Å². The van der Waals surface area contributed by atoms with Gasteiger partial charge < -0.3 is 34.7 Å². The van der Waals surface area contributed by atoms with Crippen LogP contribution in [-0.2, 0) is 0 Å². The van der Waals surface area contributed by atoms with Crippen molar-refractivity contribution in [1.82, 2.24) is 4.98 Å². The lowest BCUT2D eigenvalue weighted by atomic mass is 10.1. The molecule has 0 unspecified atom stereocenters. The third-order valence-corrected chi connectivity index (χ3v) is 4.64. The fraction of sp³-hybridized carbons (Fsp3) is 0.174. The minimum Gasteiger partial charge on any atom is -0.493 e. The van der Waals surface area contributed by atoms with E-state index >= 15 is 0 Å². The summed E-state index contributed by atoms with van der Waals surface area (Å²) in [5, 5.41) is 2.54. The van der Waals surface area contributed by atoms with Gasteiger partial charge in [0.25, 0.3) is 11.8 Å². The predicted octanol–water partition coefficient (Wildman–Crippen LogP) is 3.90. The number of hydrogen-bond acceptors (Lipinski definition) is 8. The second-order valence-corrected chi connectivity index (χ2v) is 7.10. The van der Waals surface area contributed by atoms with Crippen molar-refractivity contribution in [3.8, 4) is 34.5 Å². The van der Waals surface area contributed by atoms with E-state index in [1.807, 2.05) is 0 Å². The number of fused-ring (bicyclic) bond motifs is 1. The molecular weight excluding hydrogens is 487 g/mol. The van der Waals surface area contributed by atoms with Crippen LogP contribution in [0.2, 0.25) is 0 Å². The van der Waals surface area contributed by atoms with Crippen LogP contribution >= 0.6 is 0 Å². The number of nitrogens with two attached hydrogens (primary N) is 1. The zero-order valence-corrected chi connectivity index (χ0v) is 18.0. The lowest BCUT2D eigenvalue weighted by Crippen LogP contribution is -2.19. The highest BCUT2D eigenvalue weighted by atomic mass is 19.4. The number of anilines is 1. The van der Waals surface area contributed by atoms with Gasteiger partial charge in [0.2, 0.25) is 0 Å². The fourth-order valence-electron chi connectivity index (χ4n) is 3.14. The molecule has 3 aromatic rings. The Balaban J connectivity index is 1.73. The first-order valence-corrected chi connectivity index (χ1v) is 10.0. The van der Waals surface area contributed by atoms with Gasteiger partial charge in [-0.25, -0.2) is 0 Å². The maximum atomic E-state index is 13.2. The number of carbonyl (C=O) groups is 2. The molecule has 4 rings (SSSR count). The number of halogens is 3. The number of nitrogens with zero attached hydrogens (tertiary/aromatic N) is 1. The summed E-state index contributed by atoms with van der Waals surface area (Å²) in [7, 11) is -3.07. The molecule has 188 valence electrons. The van der Waals surface area contributed by atoms with Crippen LogP contribution in [0.5, 0.6) is 34.5 Å². The van der Waals surface area contributed by atoms with Crippen molar-refractivity contribution < 1.29 is 50.6 Å². The van der Waals surface area contributed by atoms with E-state index in [1.165, 1.54) is 30.5 Å². The Morgan fingerprint density at radius 1 is 1.06 bits per heavy atom. The SMILES string of the molecule is [2H]C([2H])([2H])Oc1cc(OC(F)(F)F)ccc1Oc1cc2c(cc1C(=O)Nc1ccnc(C(N)=O)c1)OCCO2. The second-order valence-electron chi connectivity index (χ2n) is 7.10. The summed E-state index contributed by atoms with van der Waals surface area (Å²) >= 11 is 0. The van der Waals surface area contributed by atoms with Gasteiger partial charge in [0.1, 0.15) is 30.4 Å². The Bertz CT molecular complexity index is 1420. The number of aromatic nitrogens is 1. The van der Waals surface area contributed by atoms with Crippen LogP contribution in [0, 0.1) is 0 Å². The summed E-state index contributed by atoms with van der Waals surface area (Å²) in [4.78, 5) is 28.4. The molecule has 2 amide bonds. The van der Waals surface area contributed by atoms with Gasteiger partial charge in [0.05, 0.1) is 16.7 Å². The van der Waals surface area contributed by atoms with E-state index in [0.717, 1.165) is 12.1 Å². The van der Waals surface area contributed by atoms with Gasteiger partial charge in [-0.1, -0.05) is 0 Å². The quantitative estimate of drug-likeness (QED) is 0.491. The van der Waals surface area contributed by atoms with Gasteiger partial charge >= 0.3 is 6.36 Å². The third-order valence-electron chi connectivity index (χ3n) is 4.64. The Labute approximate surface area is 205 Å². The Morgan fingerprint density at radius 2 is 1.81 bits per heavy atom. The molecule has 36 heavy (non-hydrogen) atoms. The van der Waals surface area contributed by atoms with Crippen molar-refractivity contribution in [3.63, 3.8) is 0 Å². The maximum Gasteiger partial charge on any atom is 0.573 e. The number of primary amides is 1. The van der Waals surface area contributed by atoms with Crippen molar-refractivity contribution in [3.05, 3.63) is 59.9 Å². The summed E-state index contributed by atoms with van der Waals surface area (Å²) < 4.78 is 85.6. The molecular formula is C23H18F3N3O7. The third kappa shape index (κ3) is 5.68. The van der Waals surface area contributed by atoms with Crippen LogP contribution in [0.15, 0.2) is 48.7 Å². The number of benzene rings is 2. The van der Waals surface area contributed by atoms with Crippen molar-refractivity contribution in [2.24, 2.45) is 5.73 Å². The lowest BCUT2D eigenvalue weighted by molar-refractivity contribution is -0.274. The molecule has 0 saturated heterocycles. The molecule has 2 aromatic carbocycles. The van der Waals surface area contributed by atoms with E-state index < -0.39 is 36.7 Å². The van der Waals surface area contributed by atoms with Crippen LogP contribution in [0.4, 0.5) is 18.9 Å². The lowest BCUT2D eigenvalue weighted by Gasteiger charge is -2.21. The van der Waals surface area contributed by atoms with Gasteiger partial charge in [0.15, 0.2) is 23.0 Å². The van der Waals surface area contributed by atoms with E-state index in [-0.39, 0.29) is 53.2 Å². The minimum absolute atomic E-state index is 0.112. The first-order chi connectivity index (χ1) is 18.3. The molecule has 0 aliphatic carbocycles. The largest absolute Gasteiger partial charge is 0.573 e. The van der Waals surface area contributed by atoms with E-state index in [9.17, 15) is 22.8 Å². The molecule has 2 heterocycles. The molecule has 0 spiro atoms. The highest BCUT2D eigenvalue weighted by Crippen LogP contribution is 2.42. The maximum absolute atomic E-state index is 13.2. The molecule has 13 heteroatoms. The monoisotopic (exact) mass is 508 g/mol. The smallest absolute Gasteiger partial charge is 0.493 e. The molecule has 0 saturated carbocycles. The average Bonchev–Trinajstić information content (AvgIpc) is 2.83. The second kappa shape index (κ2) is 9.90. The van der Waals surface area contributed by atoms with Gasteiger partial charge in [0, 0.05) is 30.1 Å². The van der Waals surface area contributed by atoms with Crippen molar-refractivity contribution in [1.29, 1.82) is 0 Å². The van der Waals surface area contributed by atoms with Crippen LogP contribution in [0.25, 0.3) is 0 Å². The molecule has 10 nitrogen and oxygen atoms in total. The normalized spacial score (nSPS) is 14.0. The molecule has 3 N–H and O–H groups in total. The first-order valence-electron chi connectivity index (χ1n) is 11.5. The fourth-order valence-corrected chi connectivity index (χ4v) is 3.14. The highest BCUT2D eigenvalue weighted by Gasteiger charge is 2.31. The standard InChI is InChI=1S/C23H18F3N3O7/c1-32-18-9-13(36-23(24,25)26)2-3-16(18)35-17-11-20-19(33-6-7-34-20)10-14(17)22(31)29-12-4-5-28-15(8-12)21(27)30/h2-5,8-11H,6-7H2,1H3,(H2,27,30)(H,28,29,31)/i1D3. The van der Waals surface area contributed by atoms with Gasteiger partial charge in [-0.15, -0.1) is 13.2 Å². The van der Waals surface area contributed by atoms with Gasteiger partial charge in [-0.05, 0) is 24.3 Å². The Kier molecular flexibility index (Phi) is 5.68. The molecule has 0 atom stereocenters. The van der Waals surface area contributed by atoms with Crippen molar-refractivity contribution >= 4 is 17.5 Å². The number of hydrogen-bond donors (Lipinski definition) is 2. The van der Waals surface area contributed by atoms with E-state index in [2.05, 4.69) is 15.0 Å². The van der Waals surface area contributed by atoms with E-state index in [1.54, 1.807) is 0 Å². The topological polar surface area (TPSA) is 131 Å². The number of nitrogens with one attached hydrogen (secondary N) is 1. The predicted molar refractivity (Wildman–Crippen MR) is 118 cm³/mol. The Hall–Kier alpha value is -4.68.